The summed E-state index contributed by atoms with van der Waals surface area (Å²) in [5, 5.41) is 1.96. The molecule has 0 aliphatic heterocycles. The van der Waals surface area contributed by atoms with Gasteiger partial charge in [0.15, 0.2) is 10.5 Å². The Bertz CT molecular complexity index is 476. The van der Waals surface area contributed by atoms with E-state index < -0.39 is 5.82 Å². The van der Waals surface area contributed by atoms with Gasteiger partial charge in [0.05, 0.1) is 12.0 Å². The fourth-order valence-electron chi connectivity index (χ4n) is 1.13. The summed E-state index contributed by atoms with van der Waals surface area (Å²) in [6.45, 7) is 0. The van der Waals surface area contributed by atoms with Crippen molar-refractivity contribution in [3.05, 3.63) is 44.9 Å². The summed E-state index contributed by atoms with van der Waals surface area (Å²) >= 11 is 6.32. The van der Waals surface area contributed by atoms with Crippen LogP contribution in [0.2, 0.25) is 0 Å². The topological polar surface area (TPSA) is 28.7 Å². The molecule has 0 fully saturated rings. The van der Waals surface area contributed by atoms with Gasteiger partial charge in [-0.15, -0.1) is 11.3 Å². The van der Waals surface area contributed by atoms with Crippen LogP contribution < -0.4 is 0 Å². The van der Waals surface area contributed by atoms with Crippen LogP contribution in [0, 0.1) is 10.5 Å². The summed E-state index contributed by atoms with van der Waals surface area (Å²) in [5.41, 5.74) is 0.493. The van der Waals surface area contributed by atoms with Gasteiger partial charge in [0.25, 0.3) is 0 Å². The van der Waals surface area contributed by atoms with Crippen LogP contribution in [0.15, 0.2) is 23.8 Å². The van der Waals surface area contributed by atoms with Gasteiger partial charge in [-0.1, -0.05) is 18.3 Å². The Balaban J connectivity index is 2.34. The minimum absolute atomic E-state index is 0.0234. The van der Waals surface area contributed by atoms with Gasteiger partial charge in [-0.3, -0.25) is 0 Å². The predicted molar refractivity (Wildman–Crippen MR) is 56.5 cm³/mol. The van der Waals surface area contributed by atoms with Crippen LogP contribution in [0.5, 0.6) is 0 Å². The molecule has 0 aliphatic carbocycles. The smallest absolute Gasteiger partial charge is 0.179 e. The molecule has 0 amide bonds. The van der Waals surface area contributed by atoms with E-state index in [0.717, 1.165) is 4.88 Å². The Morgan fingerprint density at radius 2 is 2.43 bits per heavy atom. The highest BCUT2D eigenvalue weighted by molar-refractivity contribution is 7.71. The molecule has 2 nitrogen and oxygen atoms in total. The summed E-state index contributed by atoms with van der Waals surface area (Å²) in [6, 6.07) is 3.90. The monoisotopic (exact) mass is 226 g/mol. The fraction of sp³-hybridized carbons (Fsp3) is 0.111. The summed E-state index contributed by atoms with van der Waals surface area (Å²) in [6.07, 6.45) is 1.96. The number of nitrogens with one attached hydrogen (secondary N) is 1. The van der Waals surface area contributed by atoms with Crippen molar-refractivity contribution in [1.82, 2.24) is 9.97 Å². The average molecular weight is 226 g/mol. The van der Waals surface area contributed by atoms with Crippen molar-refractivity contribution in [2.24, 2.45) is 0 Å². The highest BCUT2D eigenvalue weighted by Crippen LogP contribution is 2.15. The summed E-state index contributed by atoms with van der Waals surface area (Å²) in [4.78, 5) is 7.52. The van der Waals surface area contributed by atoms with Crippen LogP contribution in [-0.4, -0.2) is 9.97 Å². The lowest BCUT2D eigenvalue weighted by Crippen LogP contribution is -1.97. The van der Waals surface area contributed by atoms with E-state index >= 15 is 0 Å². The van der Waals surface area contributed by atoms with Gasteiger partial charge in [-0.05, 0) is 11.4 Å². The zero-order chi connectivity index (χ0) is 9.97. The third kappa shape index (κ3) is 1.88. The molecule has 72 valence electrons. The first-order valence-electron chi connectivity index (χ1n) is 4.02. The Morgan fingerprint density at radius 1 is 1.57 bits per heavy atom. The second-order valence-corrected chi connectivity index (χ2v) is 4.18. The molecule has 2 rings (SSSR count). The van der Waals surface area contributed by atoms with E-state index in [1.807, 2.05) is 17.5 Å². The van der Waals surface area contributed by atoms with Crippen molar-refractivity contribution >= 4 is 23.6 Å². The summed E-state index contributed by atoms with van der Waals surface area (Å²) in [5.74, 6) is -0.420. The molecule has 0 unspecified atom stereocenters. The minimum atomic E-state index is -0.420. The summed E-state index contributed by atoms with van der Waals surface area (Å²) in [7, 11) is 0. The first kappa shape index (κ1) is 9.48. The van der Waals surface area contributed by atoms with Crippen LogP contribution in [0.4, 0.5) is 4.39 Å². The molecular formula is C9H7FN2S2. The van der Waals surface area contributed by atoms with Gasteiger partial charge in [-0.25, -0.2) is 9.37 Å². The second-order valence-electron chi connectivity index (χ2n) is 2.76. The molecule has 5 heteroatoms. The molecule has 2 aromatic rings. The number of thiophene rings is 1. The molecule has 0 aromatic carbocycles. The van der Waals surface area contributed by atoms with E-state index in [0.29, 0.717) is 12.1 Å². The fourth-order valence-corrected chi connectivity index (χ4v) is 2.03. The molecule has 0 spiro atoms. The molecule has 0 saturated carbocycles. The first-order valence-corrected chi connectivity index (χ1v) is 5.30. The highest BCUT2D eigenvalue weighted by Gasteiger charge is 2.05. The lowest BCUT2D eigenvalue weighted by atomic mass is 10.2. The number of halogens is 1. The van der Waals surface area contributed by atoms with Crippen LogP contribution in [0.25, 0.3) is 0 Å². The van der Waals surface area contributed by atoms with Crippen LogP contribution in [-0.2, 0) is 6.42 Å². The Kier molecular flexibility index (Phi) is 2.69. The SMILES string of the molecule is Fc1c(Cc2cccs2)[nH]cnc1=S. The maximum atomic E-state index is 13.4. The lowest BCUT2D eigenvalue weighted by molar-refractivity contribution is 0.591. The lowest BCUT2D eigenvalue weighted by Gasteiger charge is -2.00. The molecule has 1 N–H and O–H groups in total. The number of rotatable bonds is 2. The molecule has 0 aliphatic rings. The van der Waals surface area contributed by atoms with Crippen molar-refractivity contribution in [2.45, 2.75) is 6.42 Å². The molecule has 14 heavy (non-hydrogen) atoms. The van der Waals surface area contributed by atoms with Gasteiger partial charge >= 0.3 is 0 Å². The average Bonchev–Trinajstić information content (AvgIpc) is 2.66. The molecule has 0 bridgehead atoms. The molecular weight excluding hydrogens is 219 g/mol. The van der Waals surface area contributed by atoms with E-state index in [9.17, 15) is 4.39 Å². The van der Waals surface area contributed by atoms with E-state index in [1.54, 1.807) is 11.3 Å². The Morgan fingerprint density at radius 3 is 3.14 bits per heavy atom. The quantitative estimate of drug-likeness (QED) is 0.798. The minimum Gasteiger partial charge on any atom is -0.347 e. The van der Waals surface area contributed by atoms with Crippen molar-refractivity contribution in [1.29, 1.82) is 0 Å². The first-order chi connectivity index (χ1) is 6.77. The number of H-pyrrole nitrogens is 1. The maximum Gasteiger partial charge on any atom is 0.179 e. The second kappa shape index (κ2) is 3.98. The van der Waals surface area contributed by atoms with Gasteiger partial charge in [0, 0.05) is 11.3 Å². The summed E-state index contributed by atoms with van der Waals surface area (Å²) < 4.78 is 13.4. The Hall–Kier alpha value is -1.07. The zero-order valence-corrected chi connectivity index (χ0v) is 8.79. The van der Waals surface area contributed by atoms with E-state index in [2.05, 4.69) is 9.97 Å². The van der Waals surface area contributed by atoms with Gasteiger partial charge < -0.3 is 4.98 Å². The Labute approximate surface area is 89.5 Å². The standard InChI is InChI=1S/C9H7FN2S2/c10-8-7(11-5-12-9(8)13)4-6-2-1-3-14-6/h1-3,5H,4H2,(H,11,12,13). The van der Waals surface area contributed by atoms with Crippen LogP contribution in [0.1, 0.15) is 10.6 Å². The zero-order valence-electron chi connectivity index (χ0n) is 7.16. The number of nitrogens with zero attached hydrogens (tertiary/aromatic N) is 1. The van der Waals surface area contributed by atoms with Crippen molar-refractivity contribution in [2.75, 3.05) is 0 Å². The van der Waals surface area contributed by atoms with Gasteiger partial charge in [-0.2, -0.15) is 0 Å². The normalized spacial score (nSPS) is 10.4. The van der Waals surface area contributed by atoms with E-state index in [4.69, 9.17) is 12.2 Å². The van der Waals surface area contributed by atoms with Crippen molar-refractivity contribution in [3.8, 4) is 0 Å². The molecule has 0 saturated heterocycles. The number of hydrogen-bond donors (Lipinski definition) is 1. The van der Waals surface area contributed by atoms with E-state index in [1.165, 1.54) is 6.33 Å². The van der Waals surface area contributed by atoms with Gasteiger partial charge in [0.1, 0.15) is 0 Å². The predicted octanol–water partition coefficient (Wildman–Crippen LogP) is 2.93. The largest absolute Gasteiger partial charge is 0.347 e. The number of aromatic amines is 1. The number of hydrogen-bond acceptors (Lipinski definition) is 3. The van der Waals surface area contributed by atoms with Crippen LogP contribution in [0.3, 0.4) is 0 Å². The van der Waals surface area contributed by atoms with Crippen molar-refractivity contribution in [3.63, 3.8) is 0 Å². The third-order valence-electron chi connectivity index (χ3n) is 1.80. The van der Waals surface area contributed by atoms with E-state index in [-0.39, 0.29) is 4.64 Å². The van der Waals surface area contributed by atoms with Crippen molar-refractivity contribution < 1.29 is 4.39 Å². The third-order valence-corrected chi connectivity index (χ3v) is 2.97. The number of aromatic nitrogens is 2. The molecule has 0 radical (unpaired) electrons. The van der Waals surface area contributed by atoms with Crippen LogP contribution >= 0.6 is 23.6 Å². The molecule has 2 aromatic heterocycles. The molecule has 2 heterocycles. The molecule has 0 atom stereocenters. The highest BCUT2D eigenvalue weighted by atomic mass is 32.1. The maximum absolute atomic E-state index is 13.4. The van der Waals surface area contributed by atoms with Gasteiger partial charge in [0.2, 0.25) is 0 Å².